The molecule has 0 amide bonds. The molecule has 15 heteroatoms. The van der Waals surface area contributed by atoms with E-state index in [1.54, 1.807) is 14.2 Å². The van der Waals surface area contributed by atoms with Crippen LogP contribution in [0.2, 0.25) is 15.1 Å². The van der Waals surface area contributed by atoms with E-state index in [4.69, 9.17) is 68.0 Å². The largest absolute Gasteiger partial charge is 0.497 e. The second kappa shape index (κ2) is 19.4. The Morgan fingerprint density at radius 3 is 1.79 bits per heavy atom. The number of ether oxygens (including phenoxy) is 7. The standard InChI is InChI=1S/C41H36Cl3NO11/c1-50-30-13-9-28(10-14-30)41(27-7-5-4-6-8-27,29-11-15-31(51-2)16-12-29)55-20-18-39(46)54-25-26-21-37(52-3)38(24-35(26)45(48)49)53-19-17-40(47)56-36-23-33(43)32(42)22-34(36)44/h4-16,21-24H,17-20,25H2,1-3H3. The molecular formula is C41H36Cl3NO11. The zero-order valence-corrected chi connectivity index (χ0v) is 32.7. The summed E-state index contributed by atoms with van der Waals surface area (Å²) in [5, 5.41) is 12.5. The summed E-state index contributed by atoms with van der Waals surface area (Å²) in [4.78, 5) is 37.0. The molecule has 5 aromatic carbocycles. The number of nitro groups is 1. The van der Waals surface area contributed by atoms with E-state index in [1.165, 1.54) is 25.3 Å². The van der Waals surface area contributed by atoms with E-state index in [0.717, 1.165) is 22.8 Å². The van der Waals surface area contributed by atoms with Gasteiger partial charge in [-0.05, 0) is 53.1 Å². The molecule has 0 bridgehead atoms. The number of benzene rings is 5. The van der Waals surface area contributed by atoms with E-state index in [9.17, 15) is 19.7 Å². The van der Waals surface area contributed by atoms with E-state index in [2.05, 4.69) is 0 Å². The highest BCUT2D eigenvalue weighted by molar-refractivity contribution is 6.43. The molecule has 0 fully saturated rings. The Balaban J connectivity index is 1.27. The summed E-state index contributed by atoms with van der Waals surface area (Å²) in [7, 11) is 4.50. The van der Waals surface area contributed by atoms with Crippen molar-refractivity contribution in [3.05, 3.63) is 151 Å². The molecule has 0 unspecified atom stereocenters. The van der Waals surface area contributed by atoms with Crippen LogP contribution in [0.15, 0.2) is 103 Å². The summed E-state index contributed by atoms with van der Waals surface area (Å²) >= 11 is 18.0. The van der Waals surface area contributed by atoms with Gasteiger partial charge in [-0.3, -0.25) is 19.7 Å². The lowest BCUT2D eigenvalue weighted by atomic mass is 9.80. The Hall–Kier alpha value is -5.53. The van der Waals surface area contributed by atoms with Gasteiger partial charge in [-0.1, -0.05) is 89.4 Å². The predicted molar refractivity (Wildman–Crippen MR) is 210 cm³/mol. The smallest absolute Gasteiger partial charge is 0.314 e. The number of nitrogens with zero attached hydrogens (tertiary/aromatic N) is 1. The van der Waals surface area contributed by atoms with Gasteiger partial charge in [0.25, 0.3) is 5.69 Å². The second-order valence-electron chi connectivity index (χ2n) is 11.9. The van der Waals surface area contributed by atoms with E-state index in [0.29, 0.717) is 11.5 Å². The average Bonchev–Trinajstić information content (AvgIpc) is 3.21. The average molecular weight is 825 g/mol. The number of carbonyl (C=O) groups is 2. The fraction of sp³-hybridized carbons (Fsp3) is 0.220. The van der Waals surface area contributed by atoms with Crippen LogP contribution < -0.4 is 23.7 Å². The number of hydrogen-bond donors (Lipinski definition) is 0. The van der Waals surface area contributed by atoms with Crippen molar-refractivity contribution in [3.63, 3.8) is 0 Å². The Morgan fingerprint density at radius 1 is 0.643 bits per heavy atom. The maximum Gasteiger partial charge on any atom is 0.314 e. The minimum atomic E-state index is -1.16. The molecule has 292 valence electrons. The van der Waals surface area contributed by atoms with Crippen LogP contribution in [0.4, 0.5) is 5.69 Å². The van der Waals surface area contributed by atoms with E-state index < -0.39 is 34.8 Å². The Morgan fingerprint density at radius 2 is 1.21 bits per heavy atom. The number of esters is 2. The first-order chi connectivity index (χ1) is 27.0. The maximum atomic E-state index is 13.1. The van der Waals surface area contributed by atoms with Gasteiger partial charge in [0.15, 0.2) is 17.2 Å². The van der Waals surface area contributed by atoms with Crippen molar-refractivity contribution in [1.29, 1.82) is 0 Å². The van der Waals surface area contributed by atoms with Gasteiger partial charge in [0.1, 0.15) is 23.7 Å². The lowest BCUT2D eigenvalue weighted by Crippen LogP contribution is -2.33. The van der Waals surface area contributed by atoms with Gasteiger partial charge < -0.3 is 33.2 Å². The van der Waals surface area contributed by atoms with Gasteiger partial charge in [0.05, 0.1) is 79.0 Å². The molecule has 5 aromatic rings. The molecule has 0 aliphatic rings. The molecule has 0 aromatic heterocycles. The van der Waals surface area contributed by atoms with Gasteiger partial charge in [-0.25, -0.2) is 0 Å². The van der Waals surface area contributed by atoms with Gasteiger partial charge in [0.2, 0.25) is 0 Å². The zero-order valence-electron chi connectivity index (χ0n) is 30.4. The van der Waals surface area contributed by atoms with Crippen LogP contribution in [0, 0.1) is 10.1 Å². The molecule has 0 saturated carbocycles. The number of rotatable bonds is 18. The van der Waals surface area contributed by atoms with Crippen LogP contribution in [0.1, 0.15) is 35.1 Å². The molecule has 0 aliphatic carbocycles. The third-order valence-corrected chi connectivity index (χ3v) is 9.53. The van der Waals surface area contributed by atoms with Crippen molar-refractivity contribution in [3.8, 4) is 28.7 Å². The summed E-state index contributed by atoms with van der Waals surface area (Å²) in [5.74, 6) is 0.0488. The molecule has 5 rings (SSSR count). The first kappa shape index (κ1) is 41.6. The highest BCUT2D eigenvalue weighted by Gasteiger charge is 2.38. The van der Waals surface area contributed by atoms with Crippen LogP contribution >= 0.6 is 34.8 Å². The number of nitro benzene ring substituents is 1. The molecule has 0 aliphatic heterocycles. The lowest BCUT2D eigenvalue weighted by molar-refractivity contribution is -0.385. The van der Waals surface area contributed by atoms with Gasteiger partial charge in [-0.15, -0.1) is 0 Å². The first-order valence-corrected chi connectivity index (χ1v) is 18.1. The normalized spacial score (nSPS) is 11.0. The van der Waals surface area contributed by atoms with Crippen LogP contribution in [0.5, 0.6) is 28.7 Å². The minimum absolute atomic E-state index is 0.00902. The predicted octanol–water partition coefficient (Wildman–Crippen LogP) is 9.40. The Kier molecular flexibility index (Phi) is 14.4. The third kappa shape index (κ3) is 10.0. The summed E-state index contributed by atoms with van der Waals surface area (Å²) in [6, 6.07) is 29.6. The van der Waals surface area contributed by atoms with Crippen LogP contribution in [0.3, 0.4) is 0 Å². The molecule has 56 heavy (non-hydrogen) atoms. The summed E-state index contributed by atoms with van der Waals surface area (Å²) in [6.07, 6.45) is -0.437. The molecule has 0 saturated heterocycles. The number of halogens is 3. The second-order valence-corrected chi connectivity index (χ2v) is 13.1. The highest BCUT2D eigenvalue weighted by atomic mass is 35.5. The fourth-order valence-corrected chi connectivity index (χ4v) is 6.32. The van der Waals surface area contributed by atoms with Crippen molar-refractivity contribution in [2.45, 2.75) is 25.0 Å². The van der Waals surface area contributed by atoms with Crippen molar-refractivity contribution < 1.29 is 47.7 Å². The quantitative estimate of drug-likeness (QED) is 0.0208. The Labute approximate surface area is 337 Å². The van der Waals surface area contributed by atoms with E-state index in [-0.39, 0.29) is 63.9 Å². The number of hydrogen-bond acceptors (Lipinski definition) is 11. The maximum absolute atomic E-state index is 13.1. The molecular weight excluding hydrogens is 789 g/mol. The van der Waals surface area contributed by atoms with Crippen LogP contribution in [0.25, 0.3) is 0 Å². The van der Waals surface area contributed by atoms with Gasteiger partial charge in [0, 0.05) is 6.07 Å². The zero-order chi connectivity index (χ0) is 40.2. The third-order valence-electron chi connectivity index (χ3n) is 8.51. The first-order valence-electron chi connectivity index (χ1n) is 17.0. The topological polar surface area (TPSA) is 142 Å². The van der Waals surface area contributed by atoms with Gasteiger partial charge in [-0.2, -0.15) is 0 Å². The minimum Gasteiger partial charge on any atom is -0.497 e. The molecule has 0 heterocycles. The van der Waals surface area contributed by atoms with Crippen molar-refractivity contribution in [2.75, 3.05) is 34.5 Å². The monoisotopic (exact) mass is 823 g/mol. The van der Waals surface area contributed by atoms with Crippen molar-refractivity contribution >= 4 is 52.4 Å². The molecule has 0 radical (unpaired) electrons. The molecule has 0 N–H and O–H groups in total. The molecule has 12 nitrogen and oxygen atoms in total. The van der Waals surface area contributed by atoms with Crippen molar-refractivity contribution in [1.82, 2.24) is 0 Å². The van der Waals surface area contributed by atoms with Gasteiger partial charge >= 0.3 is 11.9 Å². The Bertz CT molecular complexity index is 2100. The SMILES string of the molecule is COc1ccc(C(OCCC(=O)OCc2cc(OC)c(OCCC(=O)Oc3cc(Cl)c(Cl)cc3Cl)cc2[N+](=O)[O-])(c2ccccc2)c2ccc(OC)cc2)cc1. The summed E-state index contributed by atoms with van der Waals surface area (Å²) < 4.78 is 39.3. The molecule has 0 atom stereocenters. The lowest BCUT2D eigenvalue weighted by Gasteiger charge is -2.36. The molecule has 0 spiro atoms. The van der Waals surface area contributed by atoms with Crippen LogP contribution in [-0.4, -0.2) is 51.4 Å². The number of carbonyl (C=O) groups excluding carboxylic acids is 2. The fourth-order valence-electron chi connectivity index (χ4n) is 5.74. The number of methoxy groups -OCH3 is 3. The van der Waals surface area contributed by atoms with E-state index in [1.807, 2.05) is 78.9 Å². The van der Waals surface area contributed by atoms with E-state index >= 15 is 0 Å². The summed E-state index contributed by atoms with van der Waals surface area (Å²) in [6.45, 7) is -0.746. The van der Waals surface area contributed by atoms with Crippen LogP contribution in [-0.2, 0) is 31.3 Å². The summed E-state index contributed by atoms with van der Waals surface area (Å²) in [5.41, 5.74) is 0.868. The highest BCUT2D eigenvalue weighted by Crippen LogP contribution is 2.42. The van der Waals surface area contributed by atoms with Crippen molar-refractivity contribution in [2.24, 2.45) is 0 Å².